The molecule has 1 amide bonds. The van der Waals surface area contributed by atoms with Gasteiger partial charge >= 0.3 is 0 Å². The highest BCUT2D eigenvalue weighted by Gasteiger charge is 2.34. The Morgan fingerprint density at radius 2 is 1.76 bits per heavy atom. The molecule has 0 aliphatic carbocycles. The van der Waals surface area contributed by atoms with Gasteiger partial charge in [-0.25, -0.2) is 4.68 Å². The molecule has 1 aliphatic rings. The largest absolute Gasteiger partial charge is 0.496 e. The number of halogens is 2. The Morgan fingerprint density at radius 3 is 2.39 bits per heavy atom. The number of benzene rings is 2. The molecule has 0 bridgehead atoms. The van der Waals surface area contributed by atoms with E-state index in [0.717, 1.165) is 16.7 Å². The van der Waals surface area contributed by atoms with E-state index in [2.05, 4.69) is 4.98 Å². The lowest BCUT2D eigenvalue weighted by Crippen LogP contribution is -2.43. The van der Waals surface area contributed by atoms with E-state index in [9.17, 15) is 9.59 Å². The second kappa shape index (κ2) is 10.8. The van der Waals surface area contributed by atoms with Crippen molar-refractivity contribution >= 4 is 34.9 Å². The summed E-state index contributed by atoms with van der Waals surface area (Å²) in [6.45, 7) is 7.56. The number of Topliss-reactive ketones (excluding diaryl/α,β-unsaturated/α-hetero) is 1. The lowest BCUT2D eigenvalue weighted by Gasteiger charge is -2.31. The summed E-state index contributed by atoms with van der Waals surface area (Å²) < 4.78 is 13.6. The third kappa shape index (κ3) is 5.54. The van der Waals surface area contributed by atoms with Gasteiger partial charge in [-0.2, -0.15) is 5.10 Å². The molecule has 4 aromatic rings. The van der Waals surface area contributed by atoms with Crippen LogP contribution in [0.3, 0.4) is 0 Å². The van der Waals surface area contributed by atoms with E-state index in [0.29, 0.717) is 44.1 Å². The topological polar surface area (TPSA) is 86.5 Å². The fourth-order valence-electron chi connectivity index (χ4n) is 4.78. The molecular formula is C31H30Cl2N4O4. The standard InChI is InChI=1S/C31H30Cl2N4O4/c1-17(38)7-18-8-19(15-34-14-18)23-12-24-27(13-26(23)40-6)41-16-25-28(30(39)36(5)31(2,3)4)35-37(29(24)25)22-10-20(32)9-21(33)11-22/h8-15H,7,16H2,1-6H3. The summed E-state index contributed by atoms with van der Waals surface area (Å²) in [5, 5.41) is 5.69. The third-order valence-electron chi connectivity index (χ3n) is 7.08. The van der Waals surface area contributed by atoms with Gasteiger partial charge in [0.05, 0.1) is 18.5 Å². The summed E-state index contributed by atoms with van der Waals surface area (Å²) >= 11 is 12.8. The van der Waals surface area contributed by atoms with Crippen molar-refractivity contribution in [1.82, 2.24) is 19.7 Å². The van der Waals surface area contributed by atoms with Gasteiger partial charge in [-0.05, 0) is 63.6 Å². The molecule has 2 aromatic heterocycles. The number of hydrogen-bond acceptors (Lipinski definition) is 6. The molecule has 0 radical (unpaired) electrons. The Kier molecular flexibility index (Phi) is 7.57. The average molecular weight is 594 g/mol. The minimum absolute atomic E-state index is 0.0425. The van der Waals surface area contributed by atoms with Crippen LogP contribution in [0.4, 0.5) is 0 Å². The van der Waals surface area contributed by atoms with Crippen LogP contribution in [-0.4, -0.2) is 51.1 Å². The van der Waals surface area contributed by atoms with Gasteiger partial charge in [-0.15, -0.1) is 0 Å². The zero-order valence-electron chi connectivity index (χ0n) is 23.7. The summed E-state index contributed by atoms with van der Waals surface area (Å²) in [4.78, 5) is 31.5. The fourth-order valence-corrected chi connectivity index (χ4v) is 5.29. The molecule has 0 spiro atoms. The monoisotopic (exact) mass is 592 g/mol. The first kappa shape index (κ1) is 28.6. The number of ether oxygens (including phenoxy) is 2. The smallest absolute Gasteiger partial charge is 0.274 e. The molecule has 0 saturated heterocycles. The van der Waals surface area contributed by atoms with Crippen LogP contribution in [0, 0.1) is 0 Å². The van der Waals surface area contributed by atoms with Gasteiger partial charge < -0.3 is 14.4 Å². The number of rotatable bonds is 6. The lowest BCUT2D eigenvalue weighted by molar-refractivity contribution is -0.116. The van der Waals surface area contributed by atoms with Crippen molar-refractivity contribution in [3.05, 3.63) is 75.7 Å². The van der Waals surface area contributed by atoms with E-state index in [-0.39, 0.29) is 30.4 Å². The first-order chi connectivity index (χ1) is 19.4. The normalized spacial score (nSPS) is 12.3. The van der Waals surface area contributed by atoms with Crippen LogP contribution >= 0.6 is 23.2 Å². The molecule has 0 atom stereocenters. The molecule has 1 aliphatic heterocycles. The van der Waals surface area contributed by atoms with Crippen molar-refractivity contribution in [2.24, 2.45) is 0 Å². The number of carbonyl (C=O) groups excluding carboxylic acids is 2. The minimum Gasteiger partial charge on any atom is -0.496 e. The third-order valence-corrected chi connectivity index (χ3v) is 7.51. The average Bonchev–Trinajstić information content (AvgIpc) is 3.30. The molecule has 0 fully saturated rings. The van der Waals surface area contributed by atoms with E-state index in [1.165, 1.54) is 0 Å². The van der Waals surface area contributed by atoms with Crippen LogP contribution in [0.2, 0.25) is 10.0 Å². The Balaban J connectivity index is 1.77. The maximum atomic E-state index is 13.8. The molecule has 0 unspecified atom stereocenters. The molecular weight excluding hydrogens is 563 g/mol. The summed E-state index contributed by atoms with van der Waals surface area (Å²) in [6, 6.07) is 10.8. The molecule has 0 N–H and O–H groups in total. The summed E-state index contributed by atoms with van der Waals surface area (Å²) in [6.07, 6.45) is 3.68. The van der Waals surface area contributed by atoms with E-state index in [4.69, 9.17) is 37.8 Å². The predicted molar refractivity (Wildman–Crippen MR) is 159 cm³/mol. The van der Waals surface area contributed by atoms with Crippen LogP contribution < -0.4 is 9.47 Å². The van der Waals surface area contributed by atoms with Crippen LogP contribution in [0.5, 0.6) is 11.5 Å². The van der Waals surface area contributed by atoms with E-state index in [1.807, 2.05) is 39.0 Å². The second-order valence-corrected chi connectivity index (χ2v) is 11.9. The number of hydrogen-bond donors (Lipinski definition) is 0. The van der Waals surface area contributed by atoms with Crippen molar-refractivity contribution in [1.29, 1.82) is 0 Å². The van der Waals surface area contributed by atoms with Crippen LogP contribution in [0.15, 0.2) is 48.8 Å². The summed E-state index contributed by atoms with van der Waals surface area (Å²) in [5.74, 6) is 0.960. The van der Waals surface area contributed by atoms with Gasteiger partial charge in [-0.1, -0.05) is 23.2 Å². The maximum Gasteiger partial charge on any atom is 0.274 e. The zero-order chi connectivity index (χ0) is 29.6. The molecule has 3 heterocycles. The number of nitrogens with zero attached hydrogens (tertiary/aromatic N) is 4. The van der Waals surface area contributed by atoms with E-state index >= 15 is 0 Å². The first-order valence-electron chi connectivity index (χ1n) is 13.0. The fraction of sp³-hybridized carbons (Fsp3) is 0.290. The molecule has 0 saturated carbocycles. The van der Waals surface area contributed by atoms with Gasteiger partial charge in [0.2, 0.25) is 0 Å². The number of pyridine rings is 1. The van der Waals surface area contributed by atoms with Gasteiger partial charge in [0.1, 0.15) is 23.9 Å². The highest BCUT2D eigenvalue weighted by Crippen LogP contribution is 2.46. The van der Waals surface area contributed by atoms with Crippen molar-refractivity contribution in [3.63, 3.8) is 0 Å². The van der Waals surface area contributed by atoms with Crippen LogP contribution in [-0.2, 0) is 17.8 Å². The Morgan fingerprint density at radius 1 is 1.05 bits per heavy atom. The molecule has 8 nitrogen and oxygen atoms in total. The van der Waals surface area contributed by atoms with Gasteiger partial charge in [0, 0.05) is 69.8 Å². The van der Waals surface area contributed by atoms with Gasteiger partial charge in [-0.3, -0.25) is 14.6 Å². The van der Waals surface area contributed by atoms with Crippen LogP contribution in [0.25, 0.3) is 28.1 Å². The summed E-state index contributed by atoms with van der Waals surface area (Å²) in [5.41, 5.74) is 4.81. The Bertz CT molecular complexity index is 1670. The number of aromatic nitrogens is 3. The first-order valence-corrected chi connectivity index (χ1v) is 13.8. The molecule has 2 aromatic carbocycles. The van der Waals surface area contributed by atoms with Gasteiger partial charge in [0.15, 0.2) is 5.69 Å². The number of carbonyl (C=O) groups is 2. The van der Waals surface area contributed by atoms with Crippen molar-refractivity contribution in [2.45, 2.75) is 46.3 Å². The predicted octanol–water partition coefficient (Wildman–Crippen LogP) is 6.81. The maximum absolute atomic E-state index is 13.8. The number of ketones is 1. The lowest BCUT2D eigenvalue weighted by atomic mass is 9.95. The van der Waals surface area contributed by atoms with Crippen LogP contribution in [0.1, 0.15) is 49.3 Å². The molecule has 5 rings (SSSR count). The highest BCUT2D eigenvalue weighted by atomic mass is 35.5. The van der Waals surface area contributed by atoms with E-state index in [1.54, 1.807) is 61.3 Å². The Hall–Kier alpha value is -3.88. The number of fused-ring (bicyclic) bond motifs is 3. The minimum atomic E-state index is -0.432. The molecule has 10 heteroatoms. The quantitative estimate of drug-likeness (QED) is 0.244. The SMILES string of the molecule is COc1cc2c(cc1-c1cncc(CC(C)=O)c1)-c1c(c(C(=O)N(C)C(C)(C)C)nn1-c1cc(Cl)cc(Cl)c1)CO2. The number of methoxy groups -OCH3 is 1. The number of amides is 1. The molecule has 41 heavy (non-hydrogen) atoms. The van der Waals surface area contributed by atoms with Crippen molar-refractivity contribution in [2.75, 3.05) is 14.2 Å². The van der Waals surface area contributed by atoms with E-state index < -0.39 is 5.54 Å². The molecule has 212 valence electrons. The highest BCUT2D eigenvalue weighted by molar-refractivity contribution is 6.34. The summed E-state index contributed by atoms with van der Waals surface area (Å²) in [7, 11) is 3.34. The van der Waals surface area contributed by atoms with Crippen molar-refractivity contribution in [3.8, 4) is 39.6 Å². The Labute approximate surface area is 248 Å². The van der Waals surface area contributed by atoms with Gasteiger partial charge in [0.25, 0.3) is 5.91 Å². The zero-order valence-corrected chi connectivity index (χ0v) is 25.2. The van der Waals surface area contributed by atoms with Crippen molar-refractivity contribution < 1.29 is 19.1 Å². The second-order valence-electron chi connectivity index (χ2n) is 11.0.